The molecule has 1 heterocycles. The van der Waals surface area contributed by atoms with Crippen LogP contribution in [0.25, 0.3) is 11.5 Å². The molecule has 0 atom stereocenters. The van der Waals surface area contributed by atoms with Gasteiger partial charge in [-0.1, -0.05) is 30.3 Å². The zero-order valence-electron chi connectivity index (χ0n) is 17.1. The molecule has 30 heavy (non-hydrogen) atoms. The van der Waals surface area contributed by atoms with Gasteiger partial charge in [-0.25, -0.2) is 9.78 Å². The lowest BCUT2D eigenvalue weighted by atomic mass is 10.2. The largest absolute Gasteiger partial charge is 0.444 e. The highest BCUT2D eigenvalue weighted by molar-refractivity contribution is 5.89. The lowest BCUT2D eigenvalue weighted by Crippen LogP contribution is -2.30. The number of benzene rings is 2. The SMILES string of the molecule is CCOCCOCc1cccc(NC(=O)NCCc2coc(-c3ccccc3)n2)c1. The highest BCUT2D eigenvalue weighted by Gasteiger charge is 2.07. The number of carbonyl (C=O) groups excluding carboxylic acids is 1. The van der Waals surface area contributed by atoms with Crippen LogP contribution in [0, 0.1) is 0 Å². The van der Waals surface area contributed by atoms with Crippen molar-refractivity contribution in [2.24, 2.45) is 0 Å². The number of nitrogens with zero attached hydrogens (tertiary/aromatic N) is 1. The molecule has 7 heteroatoms. The van der Waals surface area contributed by atoms with Crippen molar-refractivity contribution in [3.05, 3.63) is 72.1 Å². The number of rotatable bonds is 11. The predicted molar refractivity (Wildman–Crippen MR) is 115 cm³/mol. The Bertz CT molecular complexity index is 912. The lowest BCUT2D eigenvalue weighted by Gasteiger charge is -2.09. The summed E-state index contributed by atoms with van der Waals surface area (Å²) in [5.74, 6) is 0.579. The maximum atomic E-state index is 12.2. The Balaban J connectivity index is 1.40. The van der Waals surface area contributed by atoms with Gasteiger partial charge in [0.25, 0.3) is 0 Å². The van der Waals surface area contributed by atoms with Gasteiger partial charge in [-0.15, -0.1) is 0 Å². The lowest BCUT2D eigenvalue weighted by molar-refractivity contribution is 0.0453. The summed E-state index contributed by atoms with van der Waals surface area (Å²) in [6.45, 7) is 4.68. The van der Waals surface area contributed by atoms with Crippen LogP contribution in [-0.4, -0.2) is 37.4 Å². The van der Waals surface area contributed by atoms with Crippen LogP contribution in [-0.2, 0) is 22.5 Å². The number of oxazole rings is 1. The van der Waals surface area contributed by atoms with Crippen LogP contribution >= 0.6 is 0 Å². The highest BCUT2D eigenvalue weighted by Crippen LogP contribution is 2.18. The van der Waals surface area contributed by atoms with Crippen molar-refractivity contribution in [3.63, 3.8) is 0 Å². The summed E-state index contributed by atoms with van der Waals surface area (Å²) in [6.07, 6.45) is 2.20. The molecule has 0 fully saturated rings. The Labute approximate surface area is 176 Å². The minimum absolute atomic E-state index is 0.267. The third kappa shape index (κ3) is 7.02. The summed E-state index contributed by atoms with van der Waals surface area (Å²) in [4.78, 5) is 16.6. The van der Waals surface area contributed by atoms with Gasteiger partial charge in [0.15, 0.2) is 0 Å². The summed E-state index contributed by atoms with van der Waals surface area (Å²) in [6, 6.07) is 17.0. The topological polar surface area (TPSA) is 85.6 Å². The maximum Gasteiger partial charge on any atom is 0.319 e. The smallest absolute Gasteiger partial charge is 0.319 e. The van der Waals surface area contributed by atoms with Gasteiger partial charge in [-0.3, -0.25) is 0 Å². The average molecular weight is 409 g/mol. The fourth-order valence-corrected chi connectivity index (χ4v) is 2.81. The van der Waals surface area contributed by atoms with E-state index in [4.69, 9.17) is 13.9 Å². The number of nitrogens with one attached hydrogen (secondary N) is 2. The van der Waals surface area contributed by atoms with E-state index in [0.29, 0.717) is 51.0 Å². The van der Waals surface area contributed by atoms with E-state index in [-0.39, 0.29) is 6.03 Å². The number of hydrogen-bond donors (Lipinski definition) is 2. The van der Waals surface area contributed by atoms with Gasteiger partial charge < -0.3 is 24.5 Å². The van der Waals surface area contributed by atoms with Crippen LogP contribution in [0.5, 0.6) is 0 Å². The second-order valence-electron chi connectivity index (χ2n) is 6.59. The first kappa shape index (κ1) is 21.5. The highest BCUT2D eigenvalue weighted by atomic mass is 16.5. The number of urea groups is 1. The molecule has 0 saturated carbocycles. The number of hydrogen-bond acceptors (Lipinski definition) is 5. The molecule has 0 aliphatic heterocycles. The van der Waals surface area contributed by atoms with Gasteiger partial charge >= 0.3 is 6.03 Å². The molecule has 3 aromatic rings. The van der Waals surface area contributed by atoms with E-state index in [1.807, 2.05) is 61.5 Å². The summed E-state index contributed by atoms with van der Waals surface area (Å²) >= 11 is 0. The number of ether oxygens (including phenoxy) is 2. The molecule has 0 bridgehead atoms. The molecular weight excluding hydrogens is 382 g/mol. The average Bonchev–Trinajstić information content (AvgIpc) is 3.23. The Morgan fingerprint density at radius 2 is 1.90 bits per heavy atom. The molecule has 2 N–H and O–H groups in total. The van der Waals surface area contributed by atoms with Crippen LogP contribution in [0.4, 0.5) is 10.5 Å². The van der Waals surface area contributed by atoms with E-state index >= 15 is 0 Å². The quantitative estimate of drug-likeness (QED) is 0.462. The molecule has 158 valence electrons. The first-order valence-electron chi connectivity index (χ1n) is 10.0. The number of anilines is 1. The van der Waals surface area contributed by atoms with Crippen molar-refractivity contribution in [1.29, 1.82) is 0 Å². The van der Waals surface area contributed by atoms with E-state index in [0.717, 1.165) is 16.8 Å². The first-order valence-corrected chi connectivity index (χ1v) is 10.0. The molecule has 0 aliphatic carbocycles. The van der Waals surface area contributed by atoms with Gasteiger partial charge in [-0.05, 0) is 36.8 Å². The van der Waals surface area contributed by atoms with Gasteiger partial charge in [-0.2, -0.15) is 0 Å². The zero-order chi connectivity index (χ0) is 21.0. The summed E-state index contributed by atoms with van der Waals surface area (Å²) in [5, 5.41) is 5.67. The molecular formula is C23H27N3O4. The molecule has 3 rings (SSSR count). The summed E-state index contributed by atoms with van der Waals surface area (Å²) in [5.41, 5.74) is 3.42. The molecule has 0 unspecified atom stereocenters. The Morgan fingerprint density at radius 1 is 1.07 bits per heavy atom. The van der Waals surface area contributed by atoms with Gasteiger partial charge in [0.2, 0.25) is 5.89 Å². The fourth-order valence-electron chi connectivity index (χ4n) is 2.81. The van der Waals surface area contributed by atoms with Gasteiger partial charge in [0.05, 0.1) is 25.5 Å². The monoisotopic (exact) mass is 409 g/mol. The van der Waals surface area contributed by atoms with Crippen molar-refractivity contribution in [2.75, 3.05) is 31.7 Å². The molecule has 0 aliphatic rings. The zero-order valence-corrected chi connectivity index (χ0v) is 17.1. The normalized spacial score (nSPS) is 10.7. The van der Waals surface area contributed by atoms with E-state index in [2.05, 4.69) is 15.6 Å². The van der Waals surface area contributed by atoms with Crippen LogP contribution < -0.4 is 10.6 Å². The molecule has 0 radical (unpaired) electrons. The third-order valence-corrected chi connectivity index (χ3v) is 4.27. The van der Waals surface area contributed by atoms with Gasteiger partial charge in [0, 0.05) is 30.8 Å². The van der Waals surface area contributed by atoms with Crippen molar-refractivity contribution < 1.29 is 18.7 Å². The maximum absolute atomic E-state index is 12.2. The van der Waals surface area contributed by atoms with E-state index in [1.165, 1.54) is 0 Å². The molecule has 0 saturated heterocycles. The van der Waals surface area contributed by atoms with Crippen LogP contribution in [0.2, 0.25) is 0 Å². The molecule has 2 amide bonds. The van der Waals surface area contributed by atoms with Crippen LogP contribution in [0.1, 0.15) is 18.2 Å². The Morgan fingerprint density at radius 3 is 2.73 bits per heavy atom. The van der Waals surface area contributed by atoms with E-state index in [1.54, 1.807) is 6.26 Å². The molecule has 0 spiro atoms. The fraction of sp³-hybridized carbons (Fsp3) is 0.304. The van der Waals surface area contributed by atoms with Crippen LogP contribution in [0.3, 0.4) is 0 Å². The summed E-state index contributed by atoms with van der Waals surface area (Å²) in [7, 11) is 0. The second kappa shape index (κ2) is 11.7. The van der Waals surface area contributed by atoms with Crippen molar-refractivity contribution in [2.45, 2.75) is 20.0 Å². The van der Waals surface area contributed by atoms with E-state index < -0.39 is 0 Å². The second-order valence-corrected chi connectivity index (χ2v) is 6.59. The standard InChI is InChI=1S/C23H27N3O4/c1-2-28-13-14-29-16-18-7-6-10-20(15-18)26-23(27)24-12-11-21-17-30-22(25-21)19-8-4-3-5-9-19/h3-10,15,17H,2,11-14,16H2,1H3,(H2,24,26,27). The molecule has 2 aromatic carbocycles. The first-order chi connectivity index (χ1) is 14.7. The minimum Gasteiger partial charge on any atom is -0.444 e. The van der Waals surface area contributed by atoms with Crippen molar-refractivity contribution in [3.8, 4) is 11.5 Å². The molecule has 7 nitrogen and oxygen atoms in total. The Hall–Kier alpha value is -3.16. The van der Waals surface area contributed by atoms with Crippen molar-refractivity contribution in [1.82, 2.24) is 10.3 Å². The summed E-state index contributed by atoms with van der Waals surface area (Å²) < 4.78 is 16.3. The Kier molecular flexibility index (Phi) is 8.44. The number of amides is 2. The van der Waals surface area contributed by atoms with Gasteiger partial charge in [0.1, 0.15) is 6.26 Å². The third-order valence-electron chi connectivity index (χ3n) is 4.27. The number of aromatic nitrogens is 1. The predicted octanol–water partition coefficient (Wildman–Crippen LogP) is 4.26. The molecule has 1 aromatic heterocycles. The van der Waals surface area contributed by atoms with Crippen molar-refractivity contribution >= 4 is 11.7 Å². The van der Waals surface area contributed by atoms with Crippen LogP contribution in [0.15, 0.2) is 65.3 Å². The van der Waals surface area contributed by atoms with E-state index in [9.17, 15) is 4.79 Å². The number of carbonyl (C=O) groups is 1. The minimum atomic E-state index is -0.267.